The Morgan fingerprint density at radius 3 is 1.08 bits per heavy atom. The molecule has 0 aliphatic rings. The molecule has 2 aromatic rings. The molecule has 2 aromatic carbocycles. The van der Waals surface area contributed by atoms with Crippen molar-refractivity contribution in [3.05, 3.63) is 60.7 Å². The summed E-state index contributed by atoms with van der Waals surface area (Å²) >= 11 is 0. The van der Waals surface area contributed by atoms with Crippen molar-refractivity contribution in [2.45, 2.75) is 24.2 Å². The zero-order valence-corrected chi connectivity index (χ0v) is 16.4. The summed E-state index contributed by atoms with van der Waals surface area (Å²) in [4.78, 5) is 0. The summed E-state index contributed by atoms with van der Waals surface area (Å²) in [5, 5.41) is 1.30. The monoisotopic (exact) mass is 408 g/mol. The van der Waals surface area contributed by atoms with Crippen LogP contribution in [0.4, 0.5) is 24.6 Å². The normalized spacial score (nSPS) is 13.0. The quantitative estimate of drug-likeness (QED) is 0.330. The fourth-order valence-electron chi connectivity index (χ4n) is 3.09. The highest BCUT2D eigenvalue weighted by molar-refractivity contribution is 7.03. The third kappa shape index (κ3) is 5.86. The van der Waals surface area contributed by atoms with E-state index in [0.29, 0.717) is 10.4 Å². The Morgan fingerprint density at radius 2 is 0.800 bits per heavy atom. The van der Waals surface area contributed by atoms with E-state index in [1.807, 2.05) is 0 Å². The topological polar surface area (TPSA) is 0 Å². The van der Waals surface area contributed by atoms with Crippen LogP contribution in [0.1, 0.15) is 0 Å². The van der Waals surface area contributed by atoms with Crippen LogP contribution in [0.25, 0.3) is 0 Å². The first-order chi connectivity index (χ1) is 11.6. The Labute approximate surface area is 146 Å². The van der Waals surface area contributed by atoms with E-state index >= 15 is 0 Å². The van der Waals surface area contributed by atoms with Gasteiger partial charge in [0.2, 0.25) is 0 Å². The molecule has 25 heavy (non-hydrogen) atoms. The van der Waals surface area contributed by atoms with Gasteiger partial charge in [0.1, 0.15) is 8.07 Å². The second-order valence-electron chi connectivity index (χ2n) is 6.04. The van der Waals surface area contributed by atoms with E-state index in [1.54, 1.807) is 60.7 Å². The van der Waals surface area contributed by atoms with Crippen LogP contribution in [-0.4, -0.2) is 26.2 Å². The van der Waals surface area contributed by atoms with Crippen LogP contribution in [0.15, 0.2) is 60.7 Å². The average Bonchev–Trinajstić information content (AvgIpc) is 2.55. The lowest BCUT2D eigenvalue weighted by Gasteiger charge is -2.33. The van der Waals surface area contributed by atoms with Crippen LogP contribution < -0.4 is 10.4 Å². The second kappa shape index (κ2) is 7.92. The van der Waals surface area contributed by atoms with Crippen molar-refractivity contribution in [3.8, 4) is 0 Å². The van der Waals surface area contributed by atoms with Gasteiger partial charge in [-0.15, -0.1) is 0 Å². The molecule has 0 heterocycles. The van der Waals surface area contributed by atoms with E-state index in [0.717, 1.165) is 0 Å². The summed E-state index contributed by atoms with van der Waals surface area (Å²) in [7, 11) is -14.8. The van der Waals surface area contributed by atoms with Gasteiger partial charge in [0, 0.05) is 12.1 Å². The number of benzene rings is 2. The van der Waals surface area contributed by atoms with Gasteiger partial charge in [-0.2, -0.15) is 0 Å². The first-order valence-corrected chi connectivity index (χ1v) is 14.0. The minimum absolute atomic E-state index is 0.207. The van der Waals surface area contributed by atoms with Gasteiger partial charge in [-0.1, -0.05) is 71.0 Å². The maximum absolute atomic E-state index is 13.0. The van der Waals surface area contributed by atoms with E-state index in [2.05, 4.69) is 0 Å². The summed E-state index contributed by atoms with van der Waals surface area (Å²) in [6, 6.07) is 14.7. The van der Waals surface area contributed by atoms with Crippen LogP contribution >= 0.6 is 0 Å². The third-order valence-electron chi connectivity index (χ3n) is 4.32. The zero-order chi connectivity index (χ0) is 18.6. The largest absolute Gasteiger partial charge is 0.615 e. The van der Waals surface area contributed by atoms with Gasteiger partial charge in [0.25, 0.3) is 0 Å². The Hall–Kier alpha value is -1.33. The van der Waals surface area contributed by atoms with Crippen molar-refractivity contribution in [1.29, 1.82) is 0 Å². The first-order valence-electron chi connectivity index (χ1n) is 7.87. The third-order valence-corrected chi connectivity index (χ3v) is 12.0. The van der Waals surface area contributed by atoms with Crippen molar-refractivity contribution in [3.63, 3.8) is 0 Å². The molecule has 0 nitrogen and oxygen atoms in total. The summed E-state index contributed by atoms with van der Waals surface area (Å²) in [6.07, 6.45) is 0. The highest BCUT2D eigenvalue weighted by Gasteiger charge is 2.47. The highest BCUT2D eigenvalue weighted by atomic mass is 28.5. The van der Waals surface area contributed by atoms with Crippen LogP contribution in [0.2, 0.25) is 24.2 Å². The molecule has 0 saturated heterocycles. The fraction of sp³-hybridized carbons (Fsp3) is 0.250. The molecule has 0 aliphatic heterocycles. The molecule has 2 rings (SSSR count). The molecule has 0 atom stereocenters. The van der Waals surface area contributed by atoms with Crippen LogP contribution in [0, 0.1) is 0 Å². The minimum atomic E-state index is -5.84. The SMILES string of the molecule is F[Si](F)(F)CC[Si](CC[Si](F)(F)F)(c1ccccc1)c1ccccc1. The van der Waals surface area contributed by atoms with Crippen molar-refractivity contribution < 1.29 is 24.6 Å². The van der Waals surface area contributed by atoms with Gasteiger partial charge >= 0.3 is 18.2 Å². The lowest BCUT2D eigenvalue weighted by atomic mass is 10.4. The molecule has 0 fully saturated rings. The van der Waals surface area contributed by atoms with E-state index in [9.17, 15) is 24.6 Å². The molecule has 0 N–H and O–H groups in total. The predicted molar refractivity (Wildman–Crippen MR) is 95.3 cm³/mol. The van der Waals surface area contributed by atoms with E-state index in [1.165, 1.54) is 0 Å². The van der Waals surface area contributed by atoms with Gasteiger partial charge < -0.3 is 0 Å². The molecule has 0 unspecified atom stereocenters. The molecular formula is C16H18F6Si3. The van der Waals surface area contributed by atoms with E-state index < -0.39 is 38.3 Å². The Balaban J connectivity index is 2.52. The Bertz CT molecular complexity index is 596. The zero-order valence-electron chi connectivity index (χ0n) is 13.4. The van der Waals surface area contributed by atoms with Gasteiger partial charge in [-0.25, -0.2) is 24.6 Å². The van der Waals surface area contributed by atoms with Gasteiger partial charge in [0.15, 0.2) is 0 Å². The highest BCUT2D eigenvalue weighted by Crippen LogP contribution is 2.30. The lowest BCUT2D eigenvalue weighted by molar-refractivity contribution is 0.472. The molecule has 9 heteroatoms. The molecule has 0 radical (unpaired) electrons. The van der Waals surface area contributed by atoms with Crippen molar-refractivity contribution in [1.82, 2.24) is 0 Å². The number of hydrogen-bond donors (Lipinski definition) is 0. The molecule has 0 amide bonds. The molecule has 136 valence electrons. The molecule has 0 saturated carbocycles. The summed E-state index contributed by atoms with van der Waals surface area (Å²) in [5.74, 6) is 0. The minimum Gasteiger partial charge on any atom is -0.238 e. The van der Waals surface area contributed by atoms with Gasteiger partial charge in [-0.3, -0.25) is 0 Å². The average molecular weight is 409 g/mol. The van der Waals surface area contributed by atoms with Gasteiger partial charge in [-0.05, 0) is 12.1 Å². The summed E-state index contributed by atoms with van der Waals surface area (Å²) in [5.41, 5.74) is 0. The van der Waals surface area contributed by atoms with E-state index in [4.69, 9.17) is 0 Å². The Morgan fingerprint density at radius 1 is 0.480 bits per heavy atom. The van der Waals surface area contributed by atoms with E-state index in [-0.39, 0.29) is 12.1 Å². The Kier molecular flexibility index (Phi) is 6.33. The summed E-state index contributed by atoms with van der Waals surface area (Å²) < 4.78 is 78.2. The lowest BCUT2D eigenvalue weighted by Crippen LogP contribution is -2.59. The van der Waals surface area contributed by atoms with Gasteiger partial charge in [0.05, 0.1) is 0 Å². The van der Waals surface area contributed by atoms with Crippen molar-refractivity contribution >= 4 is 36.6 Å². The first kappa shape index (κ1) is 20.0. The smallest absolute Gasteiger partial charge is 0.238 e. The van der Waals surface area contributed by atoms with Crippen LogP contribution in [-0.2, 0) is 0 Å². The number of rotatable bonds is 8. The molecule has 0 bridgehead atoms. The number of hydrogen-bond acceptors (Lipinski definition) is 0. The van der Waals surface area contributed by atoms with Crippen LogP contribution in [0.5, 0.6) is 0 Å². The number of halogens is 6. The maximum Gasteiger partial charge on any atom is 0.615 e. The predicted octanol–water partition coefficient (Wildman–Crippen LogP) is 4.94. The van der Waals surface area contributed by atoms with Crippen molar-refractivity contribution in [2.75, 3.05) is 0 Å². The van der Waals surface area contributed by atoms with Crippen molar-refractivity contribution in [2.24, 2.45) is 0 Å². The fourth-order valence-corrected chi connectivity index (χ4v) is 12.2. The molecule has 0 aromatic heterocycles. The van der Waals surface area contributed by atoms with Crippen LogP contribution in [0.3, 0.4) is 0 Å². The standard InChI is InChI=1S/C16H18F6Si3/c17-24(18,19)13-11-23(12-14-25(20,21)22,15-7-3-1-4-8-15)16-9-5-2-6-10-16/h1-10H,11-14H2. The maximum atomic E-state index is 13.0. The molecule has 0 spiro atoms. The molecule has 0 aliphatic carbocycles. The second-order valence-corrected chi connectivity index (χ2v) is 13.8. The molecular weight excluding hydrogens is 390 g/mol. The summed E-state index contributed by atoms with van der Waals surface area (Å²) in [6.45, 7) is 0.